The molecule has 0 aliphatic carbocycles. The van der Waals surface area contributed by atoms with E-state index in [9.17, 15) is 0 Å². The minimum absolute atomic E-state index is 0.199. The van der Waals surface area contributed by atoms with Gasteiger partial charge in [-0.05, 0) is 19.4 Å². The van der Waals surface area contributed by atoms with E-state index in [0.29, 0.717) is 11.9 Å². The van der Waals surface area contributed by atoms with E-state index >= 15 is 0 Å². The summed E-state index contributed by atoms with van der Waals surface area (Å²) in [6.45, 7) is 4.12. The molecule has 1 fully saturated rings. The molecule has 2 aromatic heterocycles. The van der Waals surface area contributed by atoms with Crippen LogP contribution in [0.1, 0.15) is 13.3 Å². The Morgan fingerprint density at radius 1 is 1.30 bits per heavy atom. The Morgan fingerprint density at radius 2 is 2.22 bits per heavy atom. The molecule has 6 nitrogen and oxygen atoms in total. The SMILES string of the molecule is CCn1c2ccccc2c2nnc(SC[C@H]3CCOCO3)nc21. The van der Waals surface area contributed by atoms with E-state index in [-0.39, 0.29) is 6.10 Å². The van der Waals surface area contributed by atoms with E-state index in [1.54, 1.807) is 11.8 Å². The van der Waals surface area contributed by atoms with Crippen molar-refractivity contribution in [2.45, 2.75) is 31.1 Å². The number of aryl methyl sites for hydroxylation is 1. The van der Waals surface area contributed by atoms with Gasteiger partial charge < -0.3 is 14.0 Å². The number of ether oxygens (including phenoxy) is 2. The molecular weight excluding hydrogens is 312 g/mol. The fraction of sp³-hybridized carbons (Fsp3) is 0.438. The average Bonchev–Trinajstić information content (AvgIpc) is 2.94. The van der Waals surface area contributed by atoms with Crippen LogP contribution in [-0.4, -0.2) is 45.0 Å². The maximum Gasteiger partial charge on any atom is 0.211 e. The summed E-state index contributed by atoms with van der Waals surface area (Å²) in [7, 11) is 0. The summed E-state index contributed by atoms with van der Waals surface area (Å²) in [4.78, 5) is 4.73. The molecule has 1 aromatic carbocycles. The lowest BCUT2D eigenvalue weighted by Crippen LogP contribution is -2.25. The normalized spacial score (nSPS) is 18.7. The predicted octanol–water partition coefficient (Wildman–Crippen LogP) is 2.85. The molecule has 0 saturated carbocycles. The van der Waals surface area contributed by atoms with Crippen LogP contribution in [0.5, 0.6) is 0 Å². The number of rotatable bonds is 4. The van der Waals surface area contributed by atoms with Gasteiger partial charge >= 0.3 is 0 Å². The Labute approximate surface area is 138 Å². The molecule has 1 saturated heterocycles. The minimum Gasteiger partial charge on any atom is -0.355 e. The highest BCUT2D eigenvalue weighted by molar-refractivity contribution is 7.99. The van der Waals surface area contributed by atoms with Crippen molar-refractivity contribution < 1.29 is 9.47 Å². The van der Waals surface area contributed by atoms with Crippen LogP contribution in [0.15, 0.2) is 29.4 Å². The lowest BCUT2D eigenvalue weighted by molar-refractivity contribution is -0.130. The Balaban J connectivity index is 1.65. The summed E-state index contributed by atoms with van der Waals surface area (Å²) in [5.74, 6) is 0.822. The van der Waals surface area contributed by atoms with Crippen molar-refractivity contribution in [3.05, 3.63) is 24.3 Å². The highest BCUT2D eigenvalue weighted by Crippen LogP contribution is 2.27. The molecule has 0 bridgehead atoms. The van der Waals surface area contributed by atoms with Crippen molar-refractivity contribution in [3.8, 4) is 0 Å². The molecule has 3 aromatic rings. The van der Waals surface area contributed by atoms with Crippen LogP contribution in [0.4, 0.5) is 0 Å². The van der Waals surface area contributed by atoms with Crippen LogP contribution in [0.2, 0.25) is 0 Å². The molecule has 4 rings (SSSR count). The maximum absolute atomic E-state index is 5.56. The predicted molar refractivity (Wildman–Crippen MR) is 89.5 cm³/mol. The Kier molecular flexibility index (Phi) is 4.15. The van der Waals surface area contributed by atoms with Crippen molar-refractivity contribution in [1.82, 2.24) is 19.7 Å². The minimum atomic E-state index is 0.199. The van der Waals surface area contributed by atoms with Crippen molar-refractivity contribution in [2.75, 3.05) is 19.2 Å². The largest absolute Gasteiger partial charge is 0.355 e. The first-order valence-electron chi connectivity index (χ1n) is 7.80. The number of hydrogen-bond acceptors (Lipinski definition) is 6. The molecule has 0 spiro atoms. The zero-order valence-electron chi connectivity index (χ0n) is 12.9. The van der Waals surface area contributed by atoms with Gasteiger partial charge in [0.2, 0.25) is 5.16 Å². The Hall–Kier alpha value is -1.70. The summed E-state index contributed by atoms with van der Waals surface area (Å²) >= 11 is 1.59. The van der Waals surface area contributed by atoms with Gasteiger partial charge in [-0.25, -0.2) is 4.98 Å². The van der Waals surface area contributed by atoms with E-state index < -0.39 is 0 Å². The van der Waals surface area contributed by atoms with E-state index in [2.05, 4.69) is 33.8 Å². The third-order valence-corrected chi connectivity index (χ3v) is 5.01. The molecule has 0 N–H and O–H groups in total. The second-order valence-corrected chi connectivity index (χ2v) is 6.43. The van der Waals surface area contributed by atoms with Crippen molar-refractivity contribution in [3.63, 3.8) is 0 Å². The van der Waals surface area contributed by atoms with Gasteiger partial charge in [0.15, 0.2) is 5.65 Å². The quantitative estimate of drug-likeness (QED) is 0.686. The Bertz CT molecular complexity index is 829. The van der Waals surface area contributed by atoms with Crippen LogP contribution in [0.3, 0.4) is 0 Å². The molecular formula is C16H18N4O2S. The van der Waals surface area contributed by atoms with Crippen LogP contribution in [-0.2, 0) is 16.0 Å². The second-order valence-electron chi connectivity index (χ2n) is 5.44. The summed E-state index contributed by atoms with van der Waals surface area (Å²) in [5, 5.41) is 10.5. The molecule has 120 valence electrons. The number of fused-ring (bicyclic) bond motifs is 3. The number of nitrogens with zero attached hydrogens (tertiary/aromatic N) is 4. The number of thioether (sulfide) groups is 1. The molecule has 1 atom stereocenters. The van der Waals surface area contributed by atoms with Gasteiger partial charge in [-0.15, -0.1) is 10.2 Å². The molecule has 0 unspecified atom stereocenters. The second kappa shape index (κ2) is 6.43. The maximum atomic E-state index is 5.56. The molecule has 23 heavy (non-hydrogen) atoms. The van der Waals surface area contributed by atoms with Crippen molar-refractivity contribution in [2.24, 2.45) is 0 Å². The molecule has 7 heteroatoms. The highest BCUT2D eigenvalue weighted by atomic mass is 32.2. The number of aromatic nitrogens is 4. The molecule has 3 heterocycles. The van der Waals surface area contributed by atoms with Gasteiger partial charge in [-0.1, -0.05) is 30.0 Å². The summed E-state index contributed by atoms with van der Waals surface area (Å²) < 4.78 is 12.9. The van der Waals surface area contributed by atoms with Crippen LogP contribution in [0.25, 0.3) is 22.1 Å². The first-order valence-corrected chi connectivity index (χ1v) is 8.79. The first-order chi connectivity index (χ1) is 11.4. The topological polar surface area (TPSA) is 62.1 Å². The molecule has 1 aliphatic rings. The fourth-order valence-electron chi connectivity index (χ4n) is 2.87. The number of benzene rings is 1. The molecule has 0 amide bonds. The lowest BCUT2D eigenvalue weighted by Gasteiger charge is -2.21. The van der Waals surface area contributed by atoms with Crippen molar-refractivity contribution >= 4 is 33.8 Å². The number of hydrogen-bond donors (Lipinski definition) is 0. The van der Waals surface area contributed by atoms with E-state index in [1.165, 1.54) is 0 Å². The van der Waals surface area contributed by atoms with Crippen LogP contribution < -0.4 is 0 Å². The fourth-order valence-corrected chi connectivity index (χ4v) is 3.72. The smallest absolute Gasteiger partial charge is 0.211 e. The standard InChI is InChI=1S/C16H18N4O2S/c1-2-20-13-6-4-3-5-12(13)14-15(20)17-16(19-18-14)23-9-11-7-8-21-10-22-11/h3-6,11H,2,7-10H2,1H3/t11-/m1/s1. The van der Waals surface area contributed by atoms with Gasteiger partial charge in [0, 0.05) is 17.7 Å². The van der Waals surface area contributed by atoms with E-state index in [0.717, 1.165) is 47.4 Å². The van der Waals surface area contributed by atoms with Gasteiger partial charge in [0.25, 0.3) is 0 Å². The third-order valence-electron chi connectivity index (χ3n) is 4.04. The van der Waals surface area contributed by atoms with Gasteiger partial charge in [0.05, 0.1) is 18.2 Å². The van der Waals surface area contributed by atoms with Crippen LogP contribution >= 0.6 is 11.8 Å². The van der Waals surface area contributed by atoms with Crippen LogP contribution in [0, 0.1) is 0 Å². The van der Waals surface area contributed by atoms with Gasteiger partial charge in [-0.3, -0.25) is 0 Å². The zero-order chi connectivity index (χ0) is 15.6. The monoisotopic (exact) mass is 330 g/mol. The summed E-state index contributed by atoms with van der Waals surface area (Å²) in [6.07, 6.45) is 1.11. The number of para-hydroxylation sites is 1. The Morgan fingerprint density at radius 3 is 3.04 bits per heavy atom. The van der Waals surface area contributed by atoms with E-state index in [4.69, 9.17) is 14.5 Å². The lowest BCUT2D eigenvalue weighted by atomic mass is 10.2. The van der Waals surface area contributed by atoms with Gasteiger partial charge in [-0.2, -0.15) is 0 Å². The summed E-state index contributed by atoms with van der Waals surface area (Å²) in [6, 6.07) is 8.24. The molecule has 1 aliphatic heterocycles. The first kappa shape index (κ1) is 14.9. The third kappa shape index (κ3) is 2.80. The average molecular weight is 330 g/mol. The van der Waals surface area contributed by atoms with Gasteiger partial charge in [0.1, 0.15) is 12.3 Å². The van der Waals surface area contributed by atoms with E-state index in [1.807, 2.05) is 12.1 Å². The summed E-state index contributed by atoms with van der Waals surface area (Å²) in [5.41, 5.74) is 2.93. The van der Waals surface area contributed by atoms with Crippen molar-refractivity contribution in [1.29, 1.82) is 0 Å². The molecule has 0 radical (unpaired) electrons. The zero-order valence-corrected chi connectivity index (χ0v) is 13.8. The highest BCUT2D eigenvalue weighted by Gasteiger charge is 2.17.